The van der Waals surface area contributed by atoms with Gasteiger partial charge in [-0.1, -0.05) is 80.7 Å². The molecule has 0 amide bonds. The Morgan fingerprint density at radius 1 is 0.733 bits per heavy atom. The topological polar surface area (TPSA) is 0 Å². The van der Waals surface area contributed by atoms with Crippen molar-refractivity contribution >= 4 is 0 Å². The highest BCUT2D eigenvalue weighted by Gasteiger charge is 1.67. The van der Waals surface area contributed by atoms with Crippen molar-refractivity contribution in [1.29, 1.82) is 0 Å². The van der Waals surface area contributed by atoms with E-state index < -0.39 is 0 Å². The summed E-state index contributed by atoms with van der Waals surface area (Å²) in [7, 11) is 0. The van der Waals surface area contributed by atoms with Crippen LogP contribution in [-0.2, 0) is 0 Å². The zero-order valence-electron chi connectivity index (χ0n) is 13.3. The monoisotopic (exact) mass is 218 g/mol. The van der Waals surface area contributed by atoms with Crippen molar-refractivity contribution < 1.29 is 0 Å². The van der Waals surface area contributed by atoms with Gasteiger partial charge >= 0.3 is 0 Å². The summed E-state index contributed by atoms with van der Waals surface area (Å²) in [6.07, 6.45) is 3.75. The van der Waals surface area contributed by atoms with Crippen LogP contribution in [0.25, 0.3) is 0 Å². The zero-order chi connectivity index (χ0) is 13.7. The van der Waals surface area contributed by atoms with Gasteiger partial charge in [-0.15, -0.1) is 6.58 Å². The number of allylic oxidation sites excluding steroid dienone is 1. The molecule has 0 aliphatic carbocycles. The molecule has 0 rings (SSSR count). The minimum Gasteiger partial charge on any atom is -0.100 e. The first kappa shape index (κ1) is 29.3. The number of unbranched alkanes of at least 4 members (excludes halogenated alkanes) is 1. The van der Waals surface area contributed by atoms with Crippen LogP contribution in [0.5, 0.6) is 0 Å². The standard InChI is InChI=1S/C5H10.C4H10.3C2H6/c1-4-5(2)3;1-3-4-2;3*1-2/h2,4H2,1,3H3;3-4H2,1-2H3;3*1-2H3. The van der Waals surface area contributed by atoms with Gasteiger partial charge in [-0.25, -0.2) is 0 Å². The molecule has 0 saturated carbocycles. The molecule has 98 valence electrons. The van der Waals surface area contributed by atoms with E-state index in [1.54, 1.807) is 0 Å². The van der Waals surface area contributed by atoms with Gasteiger partial charge in [-0.05, 0) is 13.3 Å². The van der Waals surface area contributed by atoms with Gasteiger partial charge in [0.2, 0.25) is 0 Å². The van der Waals surface area contributed by atoms with Crippen LogP contribution >= 0.6 is 0 Å². The molecule has 15 heavy (non-hydrogen) atoms. The maximum Gasteiger partial charge on any atom is -0.0354 e. The van der Waals surface area contributed by atoms with E-state index in [4.69, 9.17) is 0 Å². The molecule has 0 unspecified atom stereocenters. The highest BCUT2D eigenvalue weighted by molar-refractivity contribution is 4.84. The Bertz CT molecular complexity index is 51.1. The van der Waals surface area contributed by atoms with Gasteiger partial charge in [0.15, 0.2) is 0 Å². The van der Waals surface area contributed by atoms with Crippen LogP contribution in [0, 0.1) is 0 Å². The lowest BCUT2D eigenvalue weighted by molar-refractivity contribution is 0.886. The molecule has 0 saturated heterocycles. The molecule has 0 N–H and O–H groups in total. The summed E-state index contributed by atoms with van der Waals surface area (Å²) in [6, 6.07) is 0. The van der Waals surface area contributed by atoms with Gasteiger partial charge < -0.3 is 0 Å². The van der Waals surface area contributed by atoms with Gasteiger partial charge in [-0.2, -0.15) is 0 Å². The first-order chi connectivity index (χ1) is 7.18. The Balaban J connectivity index is -0.0000000301. The molecule has 0 bridgehead atoms. The van der Waals surface area contributed by atoms with Crippen molar-refractivity contribution in [2.45, 2.75) is 88.5 Å². The molecule has 0 nitrogen and oxygen atoms in total. The van der Waals surface area contributed by atoms with Crippen LogP contribution in [0.3, 0.4) is 0 Å². The fourth-order valence-electron chi connectivity index (χ4n) is 0. The van der Waals surface area contributed by atoms with Crippen LogP contribution < -0.4 is 0 Å². The maximum absolute atomic E-state index is 3.67. The second-order valence-electron chi connectivity index (χ2n) is 2.31. The lowest BCUT2D eigenvalue weighted by Gasteiger charge is -1.79. The van der Waals surface area contributed by atoms with E-state index in [0.717, 1.165) is 6.42 Å². The molecular weight excluding hydrogens is 180 g/mol. The molecule has 0 spiro atoms. The Morgan fingerprint density at radius 2 is 0.867 bits per heavy atom. The van der Waals surface area contributed by atoms with Gasteiger partial charge in [0.05, 0.1) is 0 Å². The van der Waals surface area contributed by atoms with Gasteiger partial charge in [0.1, 0.15) is 0 Å². The highest BCUT2D eigenvalue weighted by atomic mass is 13.7. The first-order valence-corrected chi connectivity index (χ1v) is 6.83. The van der Waals surface area contributed by atoms with E-state index >= 15 is 0 Å². The van der Waals surface area contributed by atoms with E-state index in [1.807, 2.05) is 48.5 Å². The van der Waals surface area contributed by atoms with Crippen LogP contribution in [-0.4, -0.2) is 0 Å². The van der Waals surface area contributed by atoms with E-state index in [9.17, 15) is 0 Å². The third-order valence-electron chi connectivity index (χ3n) is 1.10. The van der Waals surface area contributed by atoms with Crippen LogP contribution in [0.4, 0.5) is 0 Å². The summed E-state index contributed by atoms with van der Waals surface area (Å²) >= 11 is 0. The summed E-state index contributed by atoms with van der Waals surface area (Å²) in [4.78, 5) is 0. The molecule has 0 atom stereocenters. The Hall–Kier alpha value is -0.260. The summed E-state index contributed by atoms with van der Waals surface area (Å²) in [5.74, 6) is 0. The van der Waals surface area contributed by atoms with Crippen molar-refractivity contribution in [3.63, 3.8) is 0 Å². The summed E-state index contributed by atoms with van der Waals surface area (Å²) in [5, 5.41) is 0. The highest BCUT2D eigenvalue weighted by Crippen LogP contribution is 1.88. The van der Waals surface area contributed by atoms with Crippen molar-refractivity contribution in [3.8, 4) is 0 Å². The predicted octanol–water partition coefficient (Wildman–Crippen LogP) is 6.86. The average molecular weight is 218 g/mol. The Morgan fingerprint density at radius 3 is 0.867 bits per heavy atom. The van der Waals surface area contributed by atoms with Crippen LogP contribution in [0.15, 0.2) is 12.2 Å². The third-order valence-corrected chi connectivity index (χ3v) is 1.10. The van der Waals surface area contributed by atoms with Gasteiger partial charge in [-0.3, -0.25) is 0 Å². The van der Waals surface area contributed by atoms with Crippen LogP contribution in [0.1, 0.15) is 88.5 Å². The van der Waals surface area contributed by atoms with Gasteiger partial charge in [0.25, 0.3) is 0 Å². The molecule has 0 aromatic carbocycles. The average Bonchev–Trinajstić information content (AvgIpc) is 2.36. The molecule has 0 fully saturated rings. The fraction of sp³-hybridized carbons (Fsp3) is 0.867. The lowest BCUT2D eigenvalue weighted by atomic mass is 10.3. The number of hydrogen-bond acceptors (Lipinski definition) is 0. The lowest BCUT2D eigenvalue weighted by Crippen LogP contribution is -1.58. The molecule has 0 heteroatoms. The normalized spacial score (nSPS) is 5.73. The van der Waals surface area contributed by atoms with Crippen molar-refractivity contribution in [3.05, 3.63) is 12.2 Å². The largest absolute Gasteiger partial charge is 0.100 e. The zero-order valence-corrected chi connectivity index (χ0v) is 13.3. The molecule has 0 aliphatic heterocycles. The SMILES string of the molecule is C=C(C)CC.CC.CC.CC.CCCC. The molecular formula is C15H38. The number of rotatable bonds is 2. The van der Waals surface area contributed by atoms with E-state index in [0.29, 0.717) is 0 Å². The summed E-state index contributed by atoms with van der Waals surface area (Å²) in [6.45, 7) is 24.2. The molecule has 0 aliphatic rings. The second-order valence-corrected chi connectivity index (χ2v) is 2.31. The quantitative estimate of drug-likeness (QED) is 0.444. The molecule has 0 aromatic heterocycles. The second kappa shape index (κ2) is 67.7. The smallest absolute Gasteiger partial charge is 0.0354 e. The summed E-state index contributed by atoms with van der Waals surface area (Å²) < 4.78 is 0. The Labute approximate surface area is 101 Å². The molecule has 0 heterocycles. The minimum atomic E-state index is 1.11. The van der Waals surface area contributed by atoms with Crippen molar-refractivity contribution in [2.75, 3.05) is 0 Å². The Kier molecular flexibility index (Phi) is 132. The summed E-state index contributed by atoms with van der Waals surface area (Å²) in [5.41, 5.74) is 1.25. The van der Waals surface area contributed by atoms with Crippen molar-refractivity contribution in [1.82, 2.24) is 0 Å². The van der Waals surface area contributed by atoms with E-state index in [2.05, 4.69) is 27.4 Å². The minimum absolute atomic E-state index is 1.11. The van der Waals surface area contributed by atoms with E-state index in [1.165, 1.54) is 18.4 Å². The van der Waals surface area contributed by atoms with Crippen molar-refractivity contribution in [2.24, 2.45) is 0 Å². The molecule has 0 radical (unpaired) electrons. The maximum atomic E-state index is 3.67. The van der Waals surface area contributed by atoms with E-state index in [-0.39, 0.29) is 0 Å². The number of hydrogen-bond donors (Lipinski definition) is 0. The molecule has 0 aromatic rings. The van der Waals surface area contributed by atoms with Gasteiger partial charge in [0, 0.05) is 0 Å². The first-order valence-electron chi connectivity index (χ1n) is 6.83. The predicted molar refractivity (Wildman–Crippen MR) is 79.7 cm³/mol. The van der Waals surface area contributed by atoms with Crippen LogP contribution in [0.2, 0.25) is 0 Å². The fourth-order valence-corrected chi connectivity index (χ4v) is 0. The third kappa shape index (κ3) is 252.